The smallest absolute Gasteiger partial charge is 0.168 e. The van der Waals surface area contributed by atoms with E-state index in [0.29, 0.717) is 16.1 Å². The molecule has 0 aliphatic carbocycles. The molecule has 0 N–H and O–H groups in total. The molecular formula is C14H9ClFIO. The van der Waals surface area contributed by atoms with E-state index in [4.69, 9.17) is 11.6 Å². The summed E-state index contributed by atoms with van der Waals surface area (Å²) in [5, 5.41) is 0.507. The van der Waals surface area contributed by atoms with Crippen LogP contribution in [-0.4, -0.2) is 5.78 Å². The van der Waals surface area contributed by atoms with Gasteiger partial charge >= 0.3 is 0 Å². The zero-order chi connectivity index (χ0) is 13.1. The van der Waals surface area contributed by atoms with Gasteiger partial charge in [0.25, 0.3) is 0 Å². The summed E-state index contributed by atoms with van der Waals surface area (Å²) >= 11 is 7.94. The molecule has 0 aromatic heterocycles. The minimum Gasteiger partial charge on any atom is -0.294 e. The molecule has 0 saturated heterocycles. The number of halogens is 3. The molecule has 0 saturated carbocycles. The highest BCUT2D eigenvalue weighted by molar-refractivity contribution is 14.1. The average molecular weight is 375 g/mol. The Morgan fingerprint density at radius 1 is 1.22 bits per heavy atom. The summed E-state index contributed by atoms with van der Waals surface area (Å²) in [5.74, 6) is -0.491. The summed E-state index contributed by atoms with van der Waals surface area (Å²) in [4.78, 5) is 12.1. The SMILES string of the molecule is O=C(Cc1ccccc1F)c1cc(Cl)ccc1I. The van der Waals surface area contributed by atoms with Gasteiger partial charge in [-0.05, 0) is 52.4 Å². The van der Waals surface area contributed by atoms with E-state index >= 15 is 0 Å². The van der Waals surface area contributed by atoms with Crippen molar-refractivity contribution in [2.45, 2.75) is 6.42 Å². The van der Waals surface area contributed by atoms with Crippen molar-refractivity contribution in [3.8, 4) is 0 Å². The van der Waals surface area contributed by atoms with Gasteiger partial charge in [-0.1, -0.05) is 29.8 Å². The van der Waals surface area contributed by atoms with E-state index in [0.717, 1.165) is 3.57 Å². The van der Waals surface area contributed by atoms with Crippen LogP contribution in [0.5, 0.6) is 0 Å². The minimum atomic E-state index is -0.358. The Hall–Kier alpha value is -0.940. The number of ketones is 1. The second-order valence-corrected chi connectivity index (χ2v) is 5.41. The van der Waals surface area contributed by atoms with Gasteiger partial charge in [0, 0.05) is 20.6 Å². The number of rotatable bonds is 3. The van der Waals surface area contributed by atoms with Crippen LogP contribution in [0.2, 0.25) is 5.02 Å². The van der Waals surface area contributed by atoms with Crippen molar-refractivity contribution >= 4 is 40.0 Å². The maximum Gasteiger partial charge on any atom is 0.168 e. The fraction of sp³-hybridized carbons (Fsp3) is 0.0714. The molecule has 2 rings (SSSR count). The Morgan fingerprint density at radius 2 is 1.94 bits per heavy atom. The molecule has 0 atom stereocenters. The zero-order valence-corrected chi connectivity index (χ0v) is 12.2. The molecule has 92 valence electrons. The molecule has 0 radical (unpaired) electrons. The topological polar surface area (TPSA) is 17.1 Å². The van der Waals surface area contributed by atoms with E-state index in [1.165, 1.54) is 6.07 Å². The first-order chi connectivity index (χ1) is 8.58. The van der Waals surface area contributed by atoms with Crippen molar-refractivity contribution in [1.29, 1.82) is 0 Å². The van der Waals surface area contributed by atoms with Gasteiger partial charge in [0.2, 0.25) is 0 Å². The molecule has 1 nitrogen and oxygen atoms in total. The van der Waals surface area contributed by atoms with Crippen molar-refractivity contribution in [3.05, 3.63) is 68.0 Å². The summed E-state index contributed by atoms with van der Waals surface area (Å²) in [7, 11) is 0. The van der Waals surface area contributed by atoms with Crippen LogP contribution in [0.1, 0.15) is 15.9 Å². The van der Waals surface area contributed by atoms with Gasteiger partial charge in [0.05, 0.1) is 0 Å². The van der Waals surface area contributed by atoms with E-state index in [9.17, 15) is 9.18 Å². The lowest BCUT2D eigenvalue weighted by atomic mass is 10.0. The second kappa shape index (κ2) is 5.80. The van der Waals surface area contributed by atoms with Gasteiger partial charge in [-0.15, -0.1) is 0 Å². The number of carbonyl (C=O) groups is 1. The molecular weight excluding hydrogens is 366 g/mol. The molecule has 0 unspecified atom stereocenters. The van der Waals surface area contributed by atoms with Crippen LogP contribution < -0.4 is 0 Å². The summed E-state index contributed by atoms with van der Waals surface area (Å²) in [5.41, 5.74) is 0.935. The molecule has 2 aromatic rings. The predicted molar refractivity (Wildman–Crippen MR) is 78.6 cm³/mol. The molecule has 4 heteroatoms. The molecule has 0 aliphatic heterocycles. The maximum atomic E-state index is 13.5. The lowest BCUT2D eigenvalue weighted by molar-refractivity contribution is 0.0991. The fourth-order valence-electron chi connectivity index (χ4n) is 1.62. The molecule has 2 aromatic carbocycles. The number of Topliss-reactive ketones (excluding diaryl/α,β-unsaturated/α-hetero) is 1. The van der Waals surface area contributed by atoms with Crippen LogP contribution in [0.3, 0.4) is 0 Å². The van der Waals surface area contributed by atoms with Gasteiger partial charge in [0.15, 0.2) is 5.78 Å². The Bertz CT molecular complexity index is 598. The molecule has 0 aliphatic rings. The van der Waals surface area contributed by atoms with E-state index in [-0.39, 0.29) is 18.0 Å². The quantitative estimate of drug-likeness (QED) is 0.571. The van der Waals surface area contributed by atoms with Crippen LogP contribution in [-0.2, 0) is 6.42 Å². The number of hydrogen-bond acceptors (Lipinski definition) is 1. The lowest BCUT2D eigenvalue weighted by Crippen LogP contribution is -2.07. The van der Waals surface area contributed by atoms with Crippen molar-refractivity contribution < 1.29 is 9.18 Å². The van der Waals surface area contributed by atoms with Gasteiger partial charge < -0.3 is 0 Å². The molecule has 0 bridgehead atoms. The average Bonchev–Trinajstić information content (AvgIpc) is 2.35. The van der Waals surface area contributed by atoms with E-state index in [1.54, 1.807) is 36.4 Å². The minimum absolute atomic E-state index is 0.0447. The Balaban J connectivity index is 2.28. The lowest BCUT2D eigenvalue weighted by Gasteiger charge is -2.05. The first-order valence-electron chi connectivity index (χ1n) is 5.29. The first-order valence-corrected chi connectivity index (χ1v) is 6.75. The fourth-order valence-corrected chi connectivity index (χ4v) is 2.43. The Labute approximate surface area is 123 Å². The van der Waals surface area contributed by atoms with Crippen LogP contribution in [0.25, 0.3) is 0 Å². The van der Waals surface area contributed by atoms with Gasteiger partial charge in [0.1, 0.15) is 5.82 Å². The number of hydrogen-bond donors (Lipinski definition) is 0. The summed E-state index contributed by atoms with van der Waals surface area (Å²) in [6, 6.07) is 11.4. The summed E-state index contributed by atoms with van der Waals surface area (Å²) in [6.45, 7) is 0. The highest BCUT2D eigenvalue weighted by Crippen LogP contribution is 2.20. The van der Waals surface area contributed by atoms with Crippen molar-refractivity contribution in [3.63, 3.8) is 0 Å². The molecule has 0 heterocycles. The Kier molecular flexibility index (Phi) is 4.35. The largest absolute Gasteiger partial charge is 0.294 e. The molecule has 18 heavy (non-hydrogen) atoms. The van der Waals surface area contributed by atoms with Crippen LogP contribution in [0.4, 0.5) is 4.39 Å². The standard InChI is InChI=1S/C14H9ClFIO/c15-10-5-6-13(17)11(8-10)14(18)7-9-3-1-2-4-12(9)16/h1-6,8H,7H2. The van der Waals surface area contributed by atoms with Crippen LogP contribution in [0, 0.1) is 9.39 Å². The predicted octanol–water partition coefficient (Wildman–Crippen LogP) is 4.51. The van der Waals surface area contributed by atoms with Crippen LogP contribution >= 0.6 is 34.2 Å². The summed E-state index contributed by atoms with van der Waals surface area (Å²) in [6.07, 6.45) is 0.0447. The monoisotopic (exact) mass is 374 g/mol. The van der Waals surface area contributed by atoms with E-state index < -0.39 is 0 Å². The summed E-state index contributed by atoms with van der Waals surface area (Å²) < 4.78 is 14.3. The van der Waals surface area contributed by atoms with E-state index in [1.807, 2.05) is 0 Å². The van der Waals surface area contributed by atoms with Gasteiger partial charge in [-0.25, -0.2) is 4.39 Å². The maximum absolute atomic E-state index is 13.5. The molecule has 0 fully saturated rings. The highest BCUT2D eigenvalue weighted by Gasteiger charge is 2.13. The normalized spacial score (nSPS) is 10.4. The van der Waals surface area contributed by atoms with Crippen LogP contribution in [0.15, 0.2) is 42.5 Å². The number of carbonyl (C=O) groups excluding carboxylic acids is 1. The zero-order valence-electron chi connectivity index (χ0n) is 9.29. The van der Waals surface area contributed by atoms with Crippen molar-refractivity contribution in [2.75, 3.05) is 0 Å². The van der Waals surface area contributed by atoms with Gasteiger partial charge in [-0.2, -0.15) is 0 Å². The third-order valence-electron chi connectivity index (χ3n) is 2.54. The second-order valence-electron chi connectivity index (χ2n) is 3.82. The first kappa shape index (κ1) is 13.5. The van der Waals surface area contributed by atoms with Crippen molar-refractivity contribution in [2.24, 2.45) is 0 Å². The highest BCUT2D eigenvalue weighted by atomic mass is 127. The Morgan fingerprint density at radius 3 is 2.67 bits per heavy atom. The number of benzene rings is 2. The van der Waals surface area contributed by atoms with E-state index in [2.05, 4.69) is 22.6 Å². The van der Waals surface area contributed by atoms with Crippen molar-refractivity contribution in [1.82, 2.24) is 0 Å². The molecule has 0 amide bonds. The van der Waals surface area contributed by atoms with Gasteiger partial charge in [-0.3, -0.25) is 4.79 Å². The third-order valence-corrected chi connectivity index (χ3v) is 3.71. The molecule has 0 spiro atoms. The third kappa shape index (κ3) is 3.09.